The molecule has 0 aliphatic heterocycles. The summed E-state index contributed by atoms with van der Waals surface area (Å²) in [5.41, 5.74) is 2.43. The highest BCUT2D eigenvalue weighted by Gasteiger charge is 2.06. The molecule has 0 spiro atoms. The highest BCUT2D eigenvalue weighted by molar-refractivity contribution is 9.10. The lowest BCUT2D eigenvalue weighted by molar-refractivity contribution is -0.143. The van der Waals surface area contributed by atoms with Crippen molar-refractivity contribution in [2.75, 3.05) is 19.0 Å². The lowest BCUT2D eigenvalue weighted by Crippen LogP contribution is -2.30. The number of aliphatic carboxylic acids is 1. The van der Waals surface area contributed by atoms with Crippen molar-refractivity contribution in [1.29, 1.82) is 0 Å². The van der Waals surface area contributed by atoms with Gasteiger partial charge in [-0.3, -0.25) is 4.84 Å². The Hall–Kier alpha value is -1.80. The summed E-state index contributed by atoms with van der Waals surface area (Å²) in [5.74, 6) is -0.550. The van der Waals surface area contributed by atoms with E-state index >= 15 is 0 Å². The number of hydrogen-bond acceptors (Lipinski definition) is 4. The molecule has 1 aromatic rings. The van der Waals surface area contributed by atoms with Gasteiger partial charge in [-0.2, -0.15) is 0 Å². The molecule has 0 saturated heterocycles. The fourth-order valence-electron chi connectivity index (χ4n) is 1.06. The van der Waals surface area contributed by atoms with E-state index in [0.717, 1.165) is 0 Å². The standard InChI is InChI=1S/C10H11BrN2O5/c1-17-8-3-2-6(4-7(8)11)12-10(16)13-18-5-9(14)15/h2-4H,5H2,1H3,(H,14,15)(H2,12,13,16). The topological polar surface area (TPSA) is 96.9 Å². The van der Waals surface area contributed by atoms with Crippen molar-refractivity contribution in [3.63, 3.8) is 0 Å². The monoisotopic (exact) mass is 318 g/mol. The van der Waals surface area contributed by atoms with Gasteiger partial charge in [0.2, 0.25) is 0 Å². The summed E-state index contributed by atoms with van der Waals surface area (Å²) >= 11 is 3.26. The van der Waals surface area contributed by atoms with Gasteiger partial charge >= 0.3 is 12.0 Å². The number of hydrogen-bond donors (Lipinski definition) is 3. The van der Waals surface area contributed by atoms with Gasteiger partial charge in [0.1, 0.15) is 5.75 Å². The molecule has 0 radical (unpaired) electrons. The Kier molecular flexibility index (Phi) is 5.40. The number of methoxy groups -OCH3 is 1. The molecule has 0 aliphatic rings. The Bertz CT molecular complexity index is 452. The Morgan fingerprint density at radius 2 is 2.17 bits per heavy atom. The smallest absolute Gasteiger partial charge is 0.343 e. The van der Waals surface area contributed by atoms with Gasteiger partial charge in [0.25, 0.3) is 0 Å². The van der Waals surface area contributed by atoms with E-state index in [9.17, 15) is 9.59 Å². The maximum atomic E-state index is 11.3. The number of ether oxygens (including phenoxy) is 1. The summed E-state index contributed by atoms with van der Waals surface area (Å²) in [6, 6.07) is 4.25. The van der Waals surface area contributed by atoms with E-state index in [0.29, 0.717) is 15.9 Å². The predicted molar refractivity (Wildman–Crippen MR) is 66.4 cm³/mol. The van der Waals surface area contributed by atoms with Crippen molar-refractivity contribution in [1.82, 2.24) is 5.48 Å². The first-order valence-electron chi connectivity index (χ1n) is 4.77. The number of hydroxylamine groups is 1. The molecule has 0 heterocycles. The Labute approximate surface area is 111 Å². The lowest BCUT2D eigenvalue weighted by Gasteiger charge is -2.08. The van der Waals surface area contributed by atoms with Crippen molar-refractivity contribution >= 4 is 33.6 Å². The van der Waals surface area contributed by atoms with Crippen molar-refractivity contribution in [2.24, 2.45) is 0 Å². The number of carboxylic acid groups (broad SMARTS) is 1. The van der Waals surface area contributed by atoms with Crippen molar-refractivity contribution < 1.29 is 24.3 Å². The minimum absolute atomic E-state index is 0.499. The maximum Gasteiger partial charge on any atom is 0.343 e. The van der Waals surface area contributed by atoms with Gasteiger partial charge in [0.05, 0.1) is 11.6 Å². The molecule has 98 valence electrons. The van der Waals surface area contributed by atoms with Crippen LogP contribution in [-0.4, -0.2) is 30.8 Å². The molecule has 2 amide bonds. The van der Waals surface area contributed by atoms with Gasteiger partial charge in [-0.1, -0.05) is 0 Å². The zero-order valence-corrected chi connectivity index (χ0v) is 11.0. The molecule has 3 N–H and O–H groups in total. The normalized spacial score (nSPS) is 9.67. The number of halogens is 1. The van der Waals surface area contributed by atoms with Gasteiger partial charge in [0.15, 0.2) is 6.61 Å². The van der Waals surface area contributed by atoms with Crippen molar-refractivity contribution in [2.45, 2.75) is 0 Å². The first-order chi connectivity index (χ1) is 8.52. The summed E-state index contributed by atoms with van der Waals surface area (Å²) in [4.78, 5) is 25.8. The van der Waals surface area contributed by atoms with E-state index in [1.54, 1.807) is 18.2 Å². The van der Waals surface area contributed by atoms with Crippen LogP contribution in [0.25, 0.3) is 0 Å². The summed E-state index contributed by atoms with van der Waals surface area (Å²) in [5, 5.41) is 10.7. The molecule has 1 aromatic carbocycles. The molecule has 0 saturated carbocycles. The van der Waals surface area contributed by atoms with Crippen LogP contribution in [0, 0.1) is 0 Å². The van der Waals surface area contributed by atoms with Gasteiger partial charge in [-0.25, -0.2) is 15.1 Å². The minimum Gasteiger partial charge on any atom is -0.496 e. The van der Waals surface area contributed by atoms with Crippen LogP contribution in [0.4, 0.5) is 10.5 Å². The molecule has 1 rings (SSSR count). The maximum absolute atomic E-state index is 11.3. The lowest BCUT2D eigenvalue weighted by atomic mass is 10.3. The third kappa shape index (κ3) is 4.60. The summed E-state index contributed by atoms with van der Waals surface area (Å²) in [6.07, 6.45) is 0. The van der Waals surface area contributed by atoms with Crippen LogP contribution in [0.2, 0.25) is 0 Å². The van der Waals surface area contributed by atoms with E-state index in [2.05, 4.69) is 26.1 Å². The number of anilines is 1. The van der Waals surface area contributed by atoms with Crippen molar-refractivity contribution in [3.05, 3.63) is 22.7 Å². The Balaban J connectivity index is 2.49. The molecular formula is C10H11BrN2O5. The molecule has 18 heavy (non-hydrogen) atoms. The highest BCUT2D eigenvalue weighted by Crippen LogP contribution is 2.27. The molecule has 0 aromatic heterocycles. The van der Waals surface area contributed by atoms with Crippen LogP contribution in [0.3, 0.4) is 0 Å². The van der Waals surface area contributed by atoms with Crippen LogP contribution >= 0.6 is 15.9 Å². The van der Waals surface area contributed by atoms with E-state index in [4.69, 9.17) is 9.84 Å². The first kappa shape index (κ1) is 14.3. The summed E-state index contributed by atoms with van der Waals surface area (Å²) in [7, 11) is 1.53. The fraction of sp³-hybridized carbons (Fsp3) is 0.200. The van der Waals surface area contributed by atoms with Crippen LogP contribution in [-0.2, 0) is 9.63 Å². The number of carboxylic acids is 1. The van der Waals surface area contributed by atoms with E-state index < -0.39 is 18.6 Å². The highest BCUT2D eigenvalue weighted by atomic mass is 79.9. The largest absolute Gasteiger partial charge is 0.496 e. The van der Waals surface area contributed by atoms with Crippen LogP contribution < -0.4 is 15.5 Å². The van der Waals surface area contributed by atoms with Crippen molar-refractivity contribution in [3.8, 4) is 5.75 Å². The number of nitrogens with one attached hydrogen (secondary N) is 2. The van der Waals surface area contributed by atoms with E-state index in [1.165, 1.54) is 7.11 Å². The van der Waals surface area contributed by atoms with Gasteiger partial charge in [-0.15, -0.1) is 0 Å². The molecule has 7 nitrogen and oxygen atoms in total. The molecule has 0 atom stereocenters. The average Bonchev–Trinajstić information content (AvgIpc) is 2.28. The van der Waals surface area contributed by atoms with Gasteiger partial charge in [-0.05, 0) is 34.1 Å². The molecular weight excluding hydrogens is 308 g/mol. The molecule has 8 heteroatoms. The fourth-order valence-corrected chi connectivity index (χ4v) is 1.60. The SMILES string of the molecule is COc1ccc(NC(=O)NOCC(=O)O)cc1Br. The molecule has 0 bridgehead atoms. The summed E-state index contributed by atoms with van der Waals surface area (Å²) < 4.78 is 5.71. The molecule has 0 aliphatic carbocycles. The number of benzene rings is 1. The number of carbonyl (C=O) groups excluding carboxylic acids is 1. The summed E-state index contributed by atoms with van der Waals surface area (Å²) in [6.45, 7) is -0.611. The number of urea groups is 1. The number of amides is 2. The van der Waals surface area contributed by atoms with Crippen LogP contribution in [0.5, 0.6) is 5.75 Å². The van der Waals surface area contributed by atoms with E-state index in [-0.39, 0.29) is 0 Å². The third-order valence-electron chi connectivity index (χ3n) is 1.77. The van der Waals surface area contributed by atoms with Gasteiger partial charge in [0, 0.05) is 5.69 Å². The zero-order valence-electron chi connectivity index (χ0n) is 9.40. The van der Waals surface area contributed by atoms with Gasteiger partial charge < -0.3 is 15.2 Å². The number of rotatable bonds is 5. The third-order valence-corrected chi connectivity index (χ3v) is 2.39. The number of carbonyl (C=O) groups is 2. The quantitative estimate of drug-likeness (QED) is 0.716. The zero-order chi connectivity index (χ0) is 13.5. The second-order valence-corrected chi connectivity index (χ2v) is 3.94. The second kappa shape index (κ2) is 6.82. The molecule has 0 fully saturated rings. The second-order valence-electron chi connectivity index (χ2n) is 3.09. The first-order valence-corrected chi connectivity index (χ1v) is 5.56. The van der Waals surface area contributed by atoms with E-state index in [1.807, 2.05) is 5.48 Å². The Morgan fingerprint density at radius 3 is 2.72 bits per heavy atom. The minimum atomic E-state index is -1.18. The van der Waals surface area contributed by atoms with Crippen LogP contribution in [0.15, 0.2) is 22.7 Å². The van der Waals surface area contributed by atoms with Crippen LogP contribution in [0.1, 0.15) is 0 Å². The molecule has 0 unspecified atom stereocenters. The average molecular weight is 319 g/mol. The Morgan fingerprint density at radius 1 is 1.44 bits per heavy atom. The predicted octanol–water partition coefficient (Wildman–Crippen LogP) is 1.60.